The molecule has 6 nitrogen and oxygen atoms in total. The summed E-state index contributed by atoms with van der Waals surface area (Å²) >= 11 is 0. The van der Waals surface area contributed by atoms with E-state index in [0.717, 1.165) is 4.90 Å². The fraction of sp³-hybridized carbons (Fsp3) is 0.500. The van der Waals surface area contributed by atoms with Crippen LogP contribution in [0.25, 0.3) is 0 Å². The number of carbonyl (C=O) groups excluding carboxylic acids is 3. The summed E-state index contributed by atoms with van der Waals surface area (Å²) < 4.78 is 19.5. The highest BCUT2D eigenvalue weighted by Crippen LogP contribution is 2.49. The average molecular weight is 348 g/mol. The fourth-order valence-electron chi connectivity index (χ4n) is 3.97. The van der Waals surface area contributed by atoms with Gasteiger partial charge in [-0.3, -0.25) is 24.6 Å². The van der Waals surface area contributed by atoms with Gasteiger partial charge in [-0.05, 0) is 26.8 Å². The molecule has 4 atom stereocenters. The minimum absolute atomic E-state index is 0.150. The molecule has 2 aliphatic rings. The number of ether oxygens (including phenoxy) is 1. The van der Waals surface area contributed by atoms with Crippen molar-refractivity contribution < 1.29 is 23.5 Å². The summed E-state index contributed by atoms with van der Waals surface area (Å²) in [6.07, 6.45) is 0. The van der Waals surface area contributed by atoms with Gasteiger partial charge in [-0.15, -0.1) is 0 Å². The summed E-state index contributed by atoms with van der Waals surface area (Å²) in [6.45, 7) is 5.28. The normalized spacial score (nSPS) is 31.4. The van der Waals surface area contributed by atoms with E-state index >= 15 is 0 Å². The first-order valence-corrected chi connectivity index (χ1v) is 8.41. The Bertz CT molecular complexity index is 738. The second-order valence-electron chi connectivity index (χ2n) is 6.49. The van der Waals surface area contributed by atoms with E-state index in [0.29, 0.717) is 0 Å². The largest absolute Gasteiger partial charge is 0.465 e. The molecule has 2 aliphatic heterocycles. The van der Waals surface area contributed by atoms with Crippen LogP contribution in [0.3, 0.4) is 0 Å². The molecule has 2 fully saturated rings. The van der Waals surface area contributed by atoms with Crippen molar-refractivity contribution in [2.45, 2.75) is 32.4 Å². The minimum Gasteiger partial charge on any atom is -0.465 e. The van der Waals surface area contributed by atoms with Crippen LogP contribution in [0.4, 0.5) is 4.39 Å². The Morgan fingerprint density at radius 1 is 1.28 bits per heavy atom. The summed E-state index contributed by atoms with van der Waals surface area (Å²) in [5.74, 6) is -3.64. The van der Waals surface area contributed by atoms with E-state index in [4.69, 9.17) is 4.74 Å². The monoisotopic (exact) mass is 348 g/mol. The van der Waals surface area contributed by atoms with Crippen molar-refractivity contribution in [3.63, 3.8) is 0 Å². The van der Waals surface area contributed by atoms with Gasteiger partial charge in [-0.25, -0.2) is 4.39 Å². The smallest absolute Gasteiger partial charge is 0.326 e. The molecule has 1 N–H and O–H groups in total. The summed E-state index contributed by atoms with van der Waals surface area (Å²) in [6, 6.07) is 5.30. The van der Waals surface area contributed by atoms with Gasteiger partial charge in [-0.1, -0.05) is 18.2 Å². The summed E-state index contributed by atoms with van der Waals surface area (Å²) in [7, 11) is 0. The lowest BCUT2D eigenvalue weighted by atomic mass is 9.80. The van der Waals surface area contributed by atoms with E-state index in [1.54, 1.807) is 39.0 Å². The van der Waals surface area contributed by atoms with Crippen molar-refractivity contribution in [1.82, 2.24) is 10.2 Å². The van der Waals surface area contributed by atoms with E-state index in [2.05, 4.69) is 5.32 Å². The van der Waals surface area contributed by atoms with Gasteiger partial charge in [0.15, 0.2) is 0 Å². The number of hydrogen-bond donors (Lipinski definition) is 1. The van der Waals surface area contributed by atoms with Gasteiger partial charge in [0.1, 0.15) is 11.4 Å². The van der Waals surface area contributed by atoms with Gasteiger partial charge in [0.2, 0.25) is 11.8 Å². The number of carbonyl (C=O) groups is 3. The van der Waals surface area contributed by atoms with E-state index in [1.165, 1.54) is 6.07 Å². The highest BCUT2D eigenvalue weighted by molar-refractivity contribution is 6.09. The van der Waals surface area contributed by atoms with Crippen molar-refractivity contribution in [2.75, 3.05) is 13.2 Å². The minimum atomic E-state index is -1.38. The Labute approximate surface area is 145 Å². The van der Waals surface area contributed by atoms with Crippen LogP contribution in [-0.2, 0) is 19.1 Å². The summed E-state index contributed by atoms with van der Waals surface area (Å²) in [5, 5.41) is 3.03. The van der Waals surface area contributed by atoms with Gasteiger partial charge in [0.25, 0.3) is 0 Å². The first kappa shape index (κ1) is 17.5. The molecule has 1 aromatic rings. The Morgan fingerprint density at radius 2 is 1.96 bits per heavy atom. The lowest BCUT2D eigenvalue weighted by Gasteiger charge is -2.28. The van der Waals surface area contributed by atoms with Crippen molar-refractivity contribution in [2.24, 2.45) is 11.8 Å². The number of nitrogens with one attached hydrogen (secondary N) is 1. The predicted octanol–water partition coefficient (Wildman–Crippen LogP) is 1.41. The maximum absolute atomic E-state index is 14.3. The Balaban J connectivity index is 2.11. The quantitative estimate of drug-likeness (QED) is 0.658. The first-order chi connectivity index (χ1) is 11.9. The zero-order valence-electron chi connectivity index (χ0n) is 14.4. The molecule has 134 valence electrons. The molecule has 25 heavy (non-hydrogen) atoms. The molecule has 0 radical (unpaired) electrons. The third kappa shape index (κ3) is 2.45. The van der Waals surface area contributed by atoms with Gasteiger partial charge in [0.05, 0.1) is 18.4 Å². The molecule has 2 saturated heterocycles. The van der Waals surface area contributed by atoms with Crippen LogP contribution in [-0.4, -0.2) is 41.4 Å². The van der Waals surface area contributed by atoms with Gasteiger partial charge in [0, 0.05) is 18.2 Å². The number of benzene rings is 1. The van der Waals surface area contributed by atoms with Crippen molar-refractivity contribution in [3.05, 3.63) is 35.6 Å². The number of fused-ring (bicyclic) bond motifs is 1. The second-order valence-corrected chi connectivity index (χ2v) is 6.49. The molecule has 3 rings (SSSR count). The Morgan fingerprint density at radius 3 is 2.56 bits per heavy atom. The van der Waals surface area contributed by atoms with Gasteiger partial charge >= 0.3 is 5.97 Å². The molecule has 0 spiro atoms. The average Bonchev–Trinajstić information content (AvgIpc) is 3.03. The number of rotatable bonds is 4. The Kier molecular flexibility index (Phi) is 4.36. The molecule has 2 amide bonds. The van der Waals surface area contributed by atoms with Crippen LogP contribution in [0.1, 0.15) is 32.4 Å². The number of halogens is 1. The second kappa shape index (κ2) is 6.22. The molecule has 7 heteroatoms. The fourth-order valence-corrected chi connectivity index (χ4v) is 3.97. The van der Waals surface area contributed by atoms with Crippen LogP contribution in [0.2, 0.25) is 0 Å². The highest BCUT2D eigenvalue weighted by atomic mass is 19.1. The number of likely N-dealkylation sites (tertiary alicyclic amines) is 1. The molecular formula is C18H21FN2O4. The van der Waals surface area contributed by atoms with Crippen molar-refractivity contribution in [1.29, 1.82) is 0 Å². The SMILES string of the molecule is CCOC(=O)[C@]1(C)N[C@H](c2ccccc2F)[C@H]2C(=O)N(CC)C(=O)[C@H]21. The molecule has 0 aliphatic carbocycles. The number of esters is 1. The highest BCUT2D eigenvalue weighted by Gasteiger charge is 2.66. The number of hydrogen-bond acceptors (Lipinski definition) is 5. The van der Waals surface area contributed by atoms with E-state index < -0.39 is 41.1 Å². The van der Waals surface area contributed by atoms with Crippen LogP contribution in [0.5, 0.6) is 0 Å². The molecule has 0 aromatic heterocycles. The molecule has 2 heterocycles. The lowest BCUT2D eigenvalue weighted by molar-refractivity contribution is -0.155. The number of amides is 2. The summed E-state index contributed by atoms with van der Waals surface area (Å²) in [5.41, 5.74) is -1.12. The van der Waals surface area contributed by atoms with Gasteiger partial charge < -0.3 is 4.74 Å². The topological polar surface area (TPSA) is 75.7 Å². The third-order valence-electron chi connectivity index (χ3n) is 5.13. The van der Waals surface area contributed by atoms with Crippen LogP contribution in [0, 0.1) is 17.7 Å². The van der Waals surface area contributed by atoms with E-state index in [-0.39, 0.29) is 24.6 Å². The van der Waals surface area contributed by atoms with Crippen LogP contribution in [0.15, 0.2) is 24.3 Å². The van der Waals surface area contributed by atoms with E-state index in [1.807, 2.05) is 0 Å². The van der Waals surface area contributed by atoms with Crippen LogP contribution < -0.4 is 5.32 Å². The summed E-state index contributed by atoms with van der Waals surface area (Å²) in [4.78, 5) is 39.3. The molecule has 1 aromatic carbocycles. The zero-order chi connectivity index (χ0) is 18.4. The maximum atomic E-state index is 14.3. The van der Waals surface area contributed by atoms with E-state index in [9.17, 15) is 18.8 Å². The van der Waals surface area contributed by atoms with Gasteiger partial charge in [-0.2, -0.15) is 0 Å². The van der Waals surface area contributed by atoms with Crippen molar-refractivity contribution in [3.8, 4) is 0 Å². The number of imide groups is 1. The standard InChI is InChI=1S/C18H21FN2O4/c1-4-21-15(22)12-13(16(21)23)18(3,17(24)25-5-2)20-14(12)10-8-6-7-9-11(10)19/h6-9,12-14,20H,4-5H2,1-3H3/t12-,13-,14+,18+/m0/s1. The predicted molar refractivity (Wildman–Crippen MR) is 86.7 cm³/mol. The molecule has 0 unspecified atom stereocenters. The maximum Gasteiger partial charge on any atom is 0.326 e. The third-order valence-corrected chi connectivity index (χ3v) is 5.13. The Hall–Kier alpha value is -2.28. The van der Waals surface area contributed by atoms with Crippen molar-refractivity contribution >= 4 is 17.8 Å². The zero-order valence-corrected chi connectivity index (χ0v) is 14.4. The lowest BCUT2D eigenvalue weighted by Crippen LogP contribution is -2.54. The molecule has 0 saturated carbocycles. The molecule has 0 bridgehead atoms. The first-order valence-electron chi connectivity index (χ1n) is 8.41. The van der Waals surface area contributed by atoms with Crippen LogP contribution >= 0.6 is 0 Å². The number of nitrogens with zero attached hydrogens (tertiary/aromatic N) is 1. The molecular weight excluding hydrogens is 327 g/mol.